The summed E-state index contributed by atoms with van der Waals surface area (Å²) in [6.45, 7) is 1.91. The number of benzene rings is 2. The van der Waals surface area contributed by atoms with Crippen molar-refractivity contribution < 1.29 is 19.4 Å². The Balaban J connectivity index is 1.49. The van der Waals surface area contributed by atoms with Gasteiger partial charge in [-0.05, 0) is 61.3 Å². The van der Waals surface area contributed by atoms with Gasteiger partial charge in [0.05, 0.1) is 17.3 Å². The molecule has 1 unspecified atom stereocenters. The molecule has 36 heavy (non-hydrogen) atoms. The summed E-state index contributed by atoms with van der Waals surface area (Å²) in [5.74, 6) is -0.339. The van der Waals surface area contributed by atoms with E-state index in [-0.39, 0.29) is 17.9 Å². The van der Waals surface area contributed by atoms with Crippen molar-refractivity contribution in [2.24, 2.45) is 5.92 Å². The third-order valence-corrected chi connectivity index (χ3v) is 8.44. The molecule has 1 aliphatic carbocycles. The Morgan fingerprint density at radius 1 is 0.972 bits per heavy atom. The summed E-state index contributed by atoms with van der Waals surface area (Å²) >= 11 is 0. The second kappa shape index (κ2) is 9.74. The highest BCUT2D eigenvalue weighted by Gasteiger charge is 2.32. The molecule has 1 saturated heterocycles. The maximum absolute atomic E-state index is 13.2. The van der Waals surface area contributed by atoms with E-state index in [1.165, 1.54) is 54.5 Å². The largest absolute Gasteiger partial charge is 0.478 e. The van der Waals surface area contributed by atoms with Gasteiger partial charge in [-0.3, -0.25) is 4.79 Å². The van der Waals surface area contributed by atoms with Gasteiger partial charge in [0.2, 0.25) is 5.91 Å². The third kappa shape index (κ3) is 4.21. The van der Waals surface area contributed by atoms with E-state index in [9.17, 15) is 14.7 Å². The van der Waals surface area contributed by atoms with Gasteiger partial charge in [-0.15, -0.1) is 0 Å². The van der Waals surface area contributed by atoms with Crippen molar-refractivity contribution in [1.82, 2.24) is 9.88 Å². The molecule has 2 N–H and O–H groups in total. The maximum atomic E-state index is 13.2. The second-order valence-electron chi connectivity index (χ2n) is 10.7. The monoisotopic (exact) mass is 486 g/mol. The molecule has 188 valence electrons. The minimum Gasteiger partial charge on any atom is -0.478 e. The van der Waals surface area contributed by atoms with Crippen molar-refractivity contribution in [1.29, 1.82) is 0 Å². The molecule has 6 nitrogen and oxygen atoms in total. The van der Waals surface area contributed by atoms with Gasteiger partial charge in [-0.2, -0.15) is 0 Å². The molecule has 0 spiro atoms. The highest BCUT2D eigenvalue weighted by atomic mass is 16.5. The normalized spacial score (nSPS) is 20.9. The van der Waals surface area contributed by atoms with Crippen LogP contribution in [0.4, 0.5) is 0 Å². The van der Waals surface area contributed by atoms with Crippen molar-refractivity contribution in [2.75, 3.05) is 13.2 Å². The highest BCUT2D eigenvalue weighted by Crippen LogP contribution is 2.46. The van der Waals surface area contributed by atoms with Gasteiger partial charge in [0.25, 0.3) is 0 Å². The first-order chi connectivity index (χ1) is 17.6. The van der Waals surface area contributed by atoms with E-state index in [1.807, 2.05) is 12.1 Å². The first-order valence-corrected chi connectivity index (χ1v) is 13.5. The lowest BCUT2D eigenvalue weighted by molar-refractivity contribution is -0.128. The smallest absolute Gasteiger partial charge is 0.335 e. The Kier molecular flexibility index (Phi) is 6.30. The Hall–Kier alpha value is -3.12. The Morgan fingerprint density at radius 3 is 2.53 bits per heavy atom. The van der Waals surface area contributed by atoms with E-state index < -0.39 is 5.97 Å². The Bertz CT molecular complexity index is 1300. The van der Waals surface area contributed by atoms with E-state index in [4.69, 9.17) is 4.74 Å². The molecule has 3 heterocycles. The van der Waals surface area contributed by atoms with Gasteiger partial charge >= 0.3 is 5.97 Å². The molecule has 0 radical (unpaired) electrons. The predicted octanol–water partition coefficient (Wildman–Crippen LogP) is 5.52. The van der Waals surface area contributed by atoms with Gasteiger partial charge in [0.15, 0.2) is 0 Å². The number of carboxylic acids is 1. The molecule has 6 heteroatoms. The molecule has 1 amide bonds. The zero-order chi connectivity index (χ0) is 24.6. The van der Waals surface area contributed by atoms with Crippen LogP contribution in [0.2, 0.25) is 0 Å². The van der Waals surface area contributed by atoms with Crippen LogP contribution in [0.3, 0.4) is 0 Å². The molecular formula is C30H34N2O4. The standard InChI is InChI=1S/C30H34N2O4/c33-29(20-12-14-36-15-13-20)31-23-16-21-8-4-5-9-24(21)28-27(19-6-2-1-3-7-19)25-11-10-22(30(34)35)17-26(25)32(28)18-23/h4-5,8-11,17,19-20,23H,1-3,6-7,12-16,18H2,(H,31,33)(H,34,35). The number of ether oxygens (including phenoxy) is 1. The number of amides is 1. The van der Waals surface area contributed by atoms with Gasteiger partial charge in [-0.1, -0.05) is 49.6 Å². The number of aromatic nitrogens is 1. The molecule has 3 aromatic rings. The van der Waals surface area contributed by atoms with E-state index >= 15 is 0 Å². The van der Waals surface area contributed by atoms with Gasteiger partial charge in [0.1, 0.15) is 0 Å². The van der Waals surface area contributed by atoms with Crippen LogP contribution in [0.25, 0.3) is 22.2 Å². The van der Waals surface area contributed by atoms with E-state index in [2.05, 4.69) is 34.1 Å². The predicted molar refractivity (Wildman–Crippen MR) is 139 cm³/mol. The SMILES string of the molecule is O=C(O)c1ccc2c(C3CCCCC3)c3n(c2c1)CC(NC(=O)C1CCOCC1)Cc1ccccc1-3. The quantitative estimate of drug-likeness (QED) is 0.509. The Morgan fingerprint density at radius 2 is 1.75 bits per heavy atom. The summed E-state index contributed by atoms with van der Waals surface area (Å²) in [4.78, 5) is 25.1. The lowest BCUT2D eigenvalue weighted by Crippen LogP contribution is -2.43. The molecule has 2 fully saturated rings. The van der Waals surface area contributed by atoms with Crippen LogP contribution in [0.5, 0.6) is 0 Å². The number of nitrogens with one attached hydrogen (secondary N) is 1. The van der Waals surface area contributed by atoms with Crippen LogP contribution in [-0.2, 0) is 22.5 Å². The number of carbonyl (C=O) groups excluding carboxylic acids is 1. The molecule has 3 aliphatic rings. The zero-order valence-corrected chi connectivity index (χ0v) is 20.7. The minimum absolute atomic E-state index is 0.00506. The maximum Gasteiger partial charge on any atom is 0.335 e. The fraction of sp³-hybridized carbons (Fsp3) is 0.467. The first-order valence-electron chi connectivity index (χ1n) is 13.5. The lowest BCUT2D eigenvalue weighted by Gasteiger charge is -2.25. The molecule has 2 aromatic carbocycles. The molecule has 2 aliphatic heterocycles. The summed E-state index contributed by atoms with van der Waals surface area (Å²) < 4.78 is 7.77. The fourth-order valence-corrected chi connectivity index (χ4v) is 6.65. The van der Waals surface area contributed by atoms with Gasteiger partial charge in [-0.25, -0.2) is 4.79 Å². The number of carboxylic acid groups (broad SMARTS) is 1. The van der Waals surface area contributed by atoms with Crippen molar-refractivity contribution in [3.8, 4) is 11.3 Å². The van der Waals surface area contributed by atoms with Gasteiger partial charge < -0.3 is 19.7 Å². The van der Waals surface area contributed by atoms with Crippen LogP contribution >= 0.6 is 0 Å². The number of aromatic carboxylic acids is 1. The number of hydrogen-bond acceptors (Lipinski definition) is 3. The van der Waals surface area contributed by atoms with Crippen LogP contribution in [0, 0.1) is 5.92 Å². The summed E-state index contributed by atoms with van der Waals surface area (Å²) in [5, 5.41) is 14.3. The fourth-order valence-electron chi connectivity index (χ4n) is 6.65. The molecule has 0 bridgehead atoms. The third-order valence-electron chi connectivity index (χ3n) is 8.44. The number of hydrogen-bond donors (Lipinski definition) is 2. The van der Waals surface area contributed by atoms with E-state index in [0.29, 0.717) is 31.2 Å². The lowest BCUT2D eigenvalue weighted by atomic mass is 9.81. The van der Waals surface area contributed by atoms with Crippen LogP contribution in [0.15, 0.2) is 42.5 Å². The summed E-state index contributed by atoms with van der Waals surface area (Å²) in [5.41, 5.74) is 6.31. The number of fused-ring (bicyclic) bond motifs is 5. The topological polar surface area (TPSA) is 80.6 Å². The second-order valence-corrected chi connectivity index (χ2v) is 10.7. The van der Waals surface area contributed by atoms with Gasteiger partial charge in [0, 0.05) is 42.1 Å². The average Bonchev–Trinajstić information content (AvgIpc) is 3.13. The minimum atomic E-state index is -0.912. The molecule has 1 saturated carbocycles. The molecular weight excluding hydrogens is 452 g/mol. The van der Waals surface area contributed by atoms with E-state index in [1.54, 1.807) is 6.07 Å². The first kappa shape index (κ1) is 23.3. The number of carbonyl (C=O) groups is 2. The molecule has 1 aromatic heterocycles. The number of nitrogens with zero attached hydrogens (tertiary/aromatic N) is 1. The molecule has 6 rings (SSSR count). The van der Waals surface area contributed by atoms with Crippen LogP contribution in [-0.4, -0.2) is 40.8 Å². The summed E-state index contributed by atoms with van der Waals surface area (Å²) in [6.07, 6.45) is 8.37. The van der Waals surface area contributed by atoms with Crippen molar-refractivity contribution in [2.45, 2.75) is 69.9 Å². The summed E-state index contributed by atoms with van der Waals surface area (Å²) in [7, 11) is 0. The molecule has 1 atom stereocenters. The van der Waals surface area contributed by atoms with E-state index in [0.717, 1.165) is 30.2 Å². The Labute approximate surface area is 211 Å². The highest BCUT2D eigenvalue weighted by molar-refractivity contribution is 5.98. The summed E-state index contributed by atoms with van der Waals surface area (Å²) in [6, 6.07) is 14.1. The van der Waals surface area contributed by atoms with Crippen molar-refractivity contribution in [3.63, 3.8) is 0 Å². The zero-order valence-electron chi connectivity index (χ0n) is 20.7. The number of rotatable bonds is 4. The van der Waals surface area contributed by atoms with Crippen molar-refractivity contribution >= 4 is 22.8 Å². The van der Waals surface area contributed by atoms with Crippen LogP contribution in [0.1, 0.15) is 72.3 Å². The van der Waals surface area contributed by atoms with Crippen molar-refractivity contribution in [3.05, 3.63) is 59.2 Å². The van der Waals surface area contributed by atoms with Crippen LogP contribution < -0.4 is 5.32 Å². The average molecular weight is 487 g/mol.